The quantitative estimate of drug-likeness (QED) is 0.488. The predicted molar refractivity (Wildman–Crippen MR) is 59.9 cm³/mol. The van der Waals surface area contributed by atoms with Gasteiger partial charge < -0.3 is 0 Å². The number of aliphatic imine (C=N–C) groups is 1. The number of hydrogen-bond donors (Lipinski definition) is 0. The molecule has 0 aromatic heterocycles. The minimum Gasteiger partial charge on any atom is -0.294 e. The van der Waals surface area contributed by atoms with Crippen molar-refractivity contribution in [2.45, 2.75) is 46.0 Å². The number of halogens is 1. The molecule has 2 heteroatoms. The molecule has 1 nitrogen and oxygen atoms in total. The van der Waals surface area contributed by atoms with E-state index in [-0.39, 0.29) is 5.41 Å². The van der Waals surface area contributed by atoms with Gasteiger partial charge in [0, 0.05) is 23.6 Å². The number of hydrogen-bond acceptors (Lipinski definition) is 1. The van der Waals surface area contributed by atoms with E-state index in [4.69, 9.17) is 11.6 Å². The van der Waals surface area contributed by atoms with Gasteiger partial charge in [0.15, 0.2) is 0 Å². The van der Waals surface area contributed by atoms with E-state index in [0.29, 0.717) is 0 Å². The summed E-state index contributed by atoms with van der Waals surface area (Å²) in [5.41, 5.74) is 1.53. The van der Waals surface area contributed by atoms with E-state index in [0.717, 1.165) is 12.4 Å². The van der Waals surface area contributed by atoms with Crippen molar-refractivity contribution in [1.82, 2.24) is 0 Å². The van der Waals surface area contributed by atoms with Crippen molar-refractivity contribution in [3.63, 3.8) is 0 Å². The van der Waals surface area contributed by atoms with E-state index in [1.807, 2.05) is 0 Å². The Labute approximate surface area is 86.6 Å². The summed E-state index contributed by atoms with van der Waals surface area (Å²) >= 11 is 6.09. The van der Waals surface area contributed by atoms with Gasteiger partial charge in [0.1, 0.15) is 0 Å². The second-order valence-corrected chi connectivity index (χ2v) is 4.30. The van der Waals surface area contributed by atoms with Crippen LogP contribution in [0.25, 0.3) is 0 Å². The van der Waals surface area contributed by atoms with Crippen molar-refractivity contribution >= 4 is 17.3 Å². The monoisotopic (exact) mass is 201 g/mol. The minimum absolute atomic E-state index is 0.246. The van der Waals surface area contributed by atoms with Crippen LogP contribution in [0.15, 0.2) is 4.99 Å². The van der Waals surface area contributed by atoms with Crippen molar-refractivity contribution < 1.29 is 0 Å². The van der Waals surface area contributed by atoms with Gasteiger partial charge in [-0.15, -0.1) is 11.6 Å². The fourth-order valence-electron chi connectivity index (χ4n) is 2.23. The Balaban J connectivity index is 2.72. The molecule has 76 valence electrons. The molecule has 0 aromatic rings. The second-order valence-electron chi connectivity index (χ2n) is 4.03. The highest BCUT2D eigenvalue weighted by Gasteiger charge is 2.33. The molecular formula is C11H20ClN. The smallest absolute Gasteiger partial charge is 0.0360 e. The molecule has 0 saturated heterocycles. The zero-order valence-corrected chi connectivity index (χ0v) is 9.53. The second kappa shape index (κ2) is 4.99. The van der Waals surface area contributed by atoms with Crippen LogP contribution < -0.4 is 0 Å². The molecule has 0 amide bonds. The molecule has 1 rings (SSSR count). The van der Waals surface area contributed by atoms with E-state index < -0.39 is 0 Å². The zero-order chi connectivity index (χ0) is 9.73. The van der Waals surface area contributed by atoms with Crippen LogP contribution in [-0.2, 0) is 0 Å². The van der Waals surface area contributed by atoms with Crippen LogP contribution in [0.3, 0.4) is 0 Å². The van der Waals surface area contributed by atoms with Crippen LogP contribution in [0.5, 0.6) is 0 Å². The topological polar surface area (TPSA) is 12.4 Å². The first-order valence-electron chi connectivity index (χ1n) is 5.32. The Hall–Kier alpha value is -0.0400. The molecule has 0 aliphatic heterocycles. The molecule has 0 unspecified atom stereocenters. The lowest BCUT2D eigenvalue weighted by Gasteiger charge is -2.35. The summed E-state index contributed by atoms with van der Waals surface area (Å²) in [6, 6.07) is 0. The maximum Gasteiger partial charge on any atom is 0.0360 e. The van der Waals surface area contributed by atoms with Gasteiger partial charge >= 0.3 is 0 Å². The molecule has 1 saturated carbocycles. The van der Waals surface area contributed by atoms with E-state index in [1.165, 1.54) is 37.8 Å². The maximum absolute atomic E-state index is 6.09. The fourth-order valence-corrected chi connectivity index (χ4v) is 2.69. The Bertz CT molecular complexity index is 181. The van der Waals surface area contributed by atoms with E-state index in [9.17, 15) is 0 Å². The van der Waals surface area contributed by atoms with Crippen LogP contribution >= 0.6 is 11.6 Å². The summed E-state index contributed by atoms with van der Waals surface area (Å²) in [4.78, 5) is 4.52. The van der Waals surface area contributed by atoms with E-state index in [2.05, 4.69) is 18.8 Å². The molecule has 0 radical (unpaired) electrons. The third kappa shape index (κ3) is 2.46. The molecule has 0 spiro atoms. The Morgan fingerprint density at radius 3 is 2.38 bits per heavy atom. The third-order valence-corrected chi connectivity index (χ3v) is 3.74. The fraction of sp³-hybridized carbons (Fsp3) is 0.909. The summed E-state index contributed by atoms with van der Waals surface area (Å²) in [5, 5.41) is 0. The first-order chi connectivity index (χ1) is 6.25. The molecule has 1 aliphatic rings. The van der Waals surface area contributed by atoms with Crippen molar-refractivity contribution in [3.8, 4) is 0 Å². The standard InChI is InChI=1S/C11H20ClN/c1-3-13-10(2)11(9-12)7-5-4-6-8-11/h3-9H2,1-2H3. The Morgan fingerprint density at radius 2 is 1.92 bits per heavy atom. The van der Waals surface area contributed by atoms with Crippen molar-refractivity contribution in [2.75, 3.05) is 12.4 Å². The first-order valence-corrected chi connectivity index (χ1v) is 5.86. The van der Waals surface area contributed by atoms with E-state index in [1.54, 1.807) is 0 Å². The molecule has 1 aliphatic carbocycles. The van der Waals surface area contributed by atoms with Gasteiger partial charge in [-0.05, 0) is 26.7 Å². The van der Waals surface area contributed by atoms with Gasteiger partial charge in [0.05, 0.1) is 0 Å². The molecule has 13 heavy (non-hydrogen) atoms. The largest absolute Gasteiger partial charge is 0.294 e. The molecule has 0 aromatic carbocycles. The van der Waals surface area contributed by atoms with Crippen molar-refractivity contribution in [2.24, 2.45) is 10.4 Å². The first kappa shape index (κ1) is 11.0. The lowest BCUT2D eigenvalue weighted by Crippen LogP contribution is -2.33. The Morgan fingerprint density at radius 1 is 1.31 bits per heavy atom. The average Bonchev–Trinajstić information content (AvgIpc) is 2.19. The lowest BCUT2D eigenvalue weighted by atomic mass is 9.72. The van der Waals surface area contributed by atoms with Gasteiger partial charge in [-0.3, -0.25) is 4.99 Å². The van der Waals surface area contributed by atoms with Crippen LogP contribution in [0, 0.1) is 5.41 Å². The SMILES string of the molecule is CCN=C(C)C1(CCl)CCCCC1. The maximum atomic E-state index is 6.09. The summed E-state index contributed by atoms with van der Waals surface area (Å²) in [7, 11) is 0. The zero-order valence-electron chi connectivity index (χ0n) is 8.77. The van der Waals surface area contributed by atoms with Gasteiger partial charge in [-0.25, -0.2) is 0 Å². The average molecular weight is 202 g/mol. The summed E-state index contributed by atoms with van der Waals surface area (Å²) in [6.07, 6.45) is 6.50. The number of nitrogens with zero attached hydrogens (tertiary/aromatic N) is 1. The lowest BCUT2D eigenvalue weighted by molar-refractivity contribution is 0.315. The van der Waals surface area contributed by atoms with E-state index >= 15 is 0 Å². The van der Waals surface area contributed by atoms with Gasteiger partial charge in [0.2, 0.25) is 0 Å². The minimum atomic E-state index is 0.246. The summed E-state index contributed by atoms with van der Waals surface area (Å²) in [5.74, 6) is 0.752. The highest BCUT2D eigenvalue weighted by molar-refractivity contribution is 6.20. The molecule has 0 atom stereocenters. The van der Waals surface area contributed by atoms with Crippen LogP contribution in [-0.4, -0.2) is 18.1 Å². The summed E-state index contributed by atoms with van der Waals surface area (Å²) < 4.78 is 0. The van der Waals surface area contributed by atoms with Crippen LogP contribution in [0.1, 0.15) is 46.0 Å². The molecule has 0 heterocycles. The van der Waals surface area contributed by atoms with Gasteiger partial charge in [-0.2, -0.15) is 0 Å². The van der Waals surface area contributed by atoms with Crippen LogP contribution in [0.4, 0.5) is 0 Å². The summed E-state index contributed by atoms with van der Waals surface area (Å²) in [6.45, 7) is 5.13. The van der Waals surface area contributed by atoms with Crippen LogP contribution in [0.2, 0.25) is 0 Å². The molecule has 0 N–H and O–H groups in total. The van der Waals surface area contributed by atoms with Crippen molar-refractivity contribution in [1.29, 1.82) is 0 Å². The molecular weight excluding hydrogens is 182 g/mol. The molecule has 0 bridgehead atoms. The normalized spacial score (nSPS) is 23.2. The van der Waals surface area contributed by atoms with Crippen molar-refractivity contribution in [3.05, 3.63) is 0 Å². The van der Waals surface area contributed by atoms with Gasteiger partial charge in [-0.1, -0.05) is 19.3 Å². The van der Waals surface area contributed by atoms with Gasteiger partial charge in [0.25, 0.3) is 0 Å². The highest BCUT2D eigenvalue weighted by atomic mass is 35.5. The molecule has 1 fully saturated rings. The third-order valence-electron chi connectivity index (χ3n) is 3.23. The predicted octanol–water partition coefficient (Wildman–Crippen LogP) is 3.66. The number of rotatable bonds is 3. The number of alkyl halides is 1. The highest BCUT2D eigenvalue weighted by Crippen LogP contribution is 2.38. The Kier molecular flexibility index (Phi) is 4.24.